The van der Waals surface area contributed by atoms with Crippen LogP contribution >= 0.6 is 11.6 Å². The highest BCUT2D eigenvalue weighted by Gasteiger charge is 2.33. The van der Waals surface area contributed by atoms with Gasteiger partial charge in [-0.05, 0) is 61.1 Å². The Kier molecular flexibility index (Phi) is 8.22. The number of amides is 1. The zero-order chi connectivity index (χ0) is 26.5. The van der Waals surface area contributed by atoms with E-state index in [1.54, 1.807) is 19.9 Å². The lowest BCUT2D eigenvalue weighted by molar-refractivity contribution is -0.706. The molecule has 1 amide bonds. The summed E-state index contributed by atoms with van der Waals surface area (Å²) in [5.74, 6) is -2.03. The van der Waals surface area contributed by atoms with Gasteiger partial charge in [-0.2, -0.15) is 13.1 Å². The molecule has 2 aromatic carbocycles. The van der Waals surface area contributed by atoms with E-state index in [0.29, 0.717) is 21.1 Å². The summed E-state index contributed by atoms with van der Waals surface area (Å²) in [4.78, 5) is 38.8. The first-order valence-electron chi connectivity index (χ1n) is 10.4. The van der Waals surface area contributed by atoms with Gasteiger partial charge in [-0.15, -0.1) is 0 Å². The van der Waals surface area contributed by atoms with E-state index in [2.05, 4.69) is 20.0 Å². The number of aryl methyl sites for hydroxylation is 2. The van der Waals surface area contributed by atoms with Gasteiger partial charge in [0.25, 0.3) is 5.95 Å². The number of nitrogens with one attached hydrogen (secondary N) is 2. The molecule has 13 heteroatoms. The fourth-order valence-electron chi connectivity index (χ4n) is 3.15. The fourth-order valence-corrected chi connectivity index (χ4v) is 4.48. The molecule has 0 saturated carbocycles. The second kappa shape index (κ2) is 11.1. The Hall–Kier alpha value is -4.03. The summed E-state index contributed by atoms with van der Waals surface area (Å²) in [7, 11) is -2.16. The van der Waals surface area contributed by atoms with E-state index in [-0.39, 0.29) is 22.0 Å². The molecule has 3 aromatic rings. The maximum atomic E-state index is 13.4. The number of carbonyl (C=O) groups excluding carboxylic acids is 2. The molecule has 0 aliphatic carbocycles. The van der Waals surface area contributed by atoms with Crippen LogP contribution in [0.5, 0.6) is 0 Å². The van der Waals surface area contributed by atoms with Gasteiger partial charge in [0.05, 0.1) is 18.2 Å². The van der Waals surface area contributed by atoms with Gasteiger partial charge in [0.15, 0.2) is 0 Å². The minimum atomic E-state index is -4.46. The maximum absolute atomic E-state index is 13.4. The van der Waals surface area contributed by atoms with E-state index in [9.17, 15) is 18.0 Å². The van der Waals surface area contributed by atoms with Gasteiger partial charge in [-0.1, -0.05) is 23.7 Å². The summed E-state index contributed by atoms with van der Waals surface area (Å²) in [6.45, 7) is 3.45. The van der Waals surface area contributed by atoms with Crippen LogP contribution in [0.1, 0.15) is 32.1 Å². The maximum Gasteiger partial charge on any atom is 0.413 e. The highest BCUT2D eigenvalue weighted by molar-refractivity contribution is 7.90. The topological polar surface area (TPSA) is 140 Å². The Morgan fingerprint density at radius 3 is 2.17 bits per heavy atom. The van der Waals surface area contributed by atoms with E-state index in [4.69, 9.17) is 21.2 Å². The first kappa shape index (κ1) is 26.6. The molecule has 2 N–H and O–H groups in total. The minimum absolute atomic E-state index is 0.00240. The van der Waals surface area contributed by atoms with Gasteiger partial charge in [0.1, 0.15) is 12.0 Å². The number of aromatic nitrogens is 2. The van der Waals surface area contributed by atoms with Gasteiger partial charge >= 0.3 is 27.9 Å². The van der Waals surface area contributed by atoms with Gasteiger partial charge in [-0.3, -0.25) is 0 Å². The molecule has 3 rings (SSSR count). The quantitative estimate of drug-likeness (QED) is 0.161. The third-order valence-corrected chi connectivity index (χ3v) is 6.34. The molecule has 0 saturated heterocycles. The minimum Gasteiger partial charge on any atom is -0.465 e. The predicted octanol–water partition coefficient (Wildman–Crippen LogP) is 2.69. The van der Waals surface area contributed by atoms with Crippen molar-refractivity contribution in [2.24, 2.45) is 0 Å². The first-order valence-corrected chi connectivity index (χ1v) is 12.2. The molecule has 0 atom stereocenters. The number of halogens is 1. The summed E-state index contributed by atoms with van der Waals surface area (Å²) in [5.41, 5.74) is 1.13. The lowest BCUT2D eigenvalue weighted by Gasteiger charge is -2.13. The van der Waals surface area contributed by atoms with Crippen LogP contribution in [-0.4, -0.2) is 55.2 Å². The summed E-state index contributed by atoms with van der Waals surface area (Å²) < 4.78 is 34.5. The molecule has 0 fully saturated rings. The number of sulfonamides is 1. The lowest BCUT2D eigenvalue weighted by atomic mass is 10.2. The zero-order valence-corrected chi connectivity index (χ0v) is 21.3. The van der Waals surface area contributed by atoms with E-state index in [1.807, 2.05) is 0 Å². The predicted molar refractivity (Wildman–Crippen MR) is 131 cm³/mol. The standard InChI is InChI=1S/C23H22ClN5O6S/c1-14-13-15(2)26-22(25-14)27-23(29(35-4)20(30)16-9-11-17(24)12-10-16)28-36(32,33)19-8-6-5-7-18(19)21(31)34-3/h5-13H,1-4H3,(H,25,26,27,28)/p+1. The largest absolute Gasteiger partial charge is 0.465 e. The summed E-state index contributed by atoms with van der Waals surface area (Å²) in [5, 5.41) is 3.11. The molecule has 0 unspecified atom stereocenters. The number of nitrogens with zero attached hydrogens (tertiary/aromatic N) is 3. The van der Waals surface area contributed by atoms with Crippen LogP contribution in [0, 0.1) is 13.8 Å². The van der Waals surface area contributed by atoms with Crippen LogP contribution in [0.15, 0.2) is 59.5 Å². The van der Waals surface area contributed by atoms with Crippen LogP contribution in [0.3, 0.4) is 0 Å². The second-order valence-corrected chi connectivity index (χ2v) is 9.42. The summed E-state index contributed by atoms with van der Waals surface area (Å²) in [6.07, 6.45) is 0. The van der Waals surface area contributed by atoms with Gasteiger partial charge in [-0.25, -0.2) is 24.9 Å². The average molecular weight is 533 g/mol. The molecule has 0 bridgehead atoms. The smallest absolute Gasteiger partial charge is 0.413 e. The van der Waals surface area contributed by atoms with Crippen molar-refractivity contribution in [2.75, 3.05) is 19.5 Å². The molecule has 188 valence electrons. The highest BCUT2D eigenvalue weighted by Crippen LogP contribution is 2.17. The zero-order valence-electron chi connectivity index (χ0n) is 19.8. The molecular formula is C23H23ClN5O6S+. The Morgan fingerprint density at radius 1 is 0.972 bits per heavy atom. The number of anilines is 1. The van der Waals surface area contributed by atoms with Crippen molar-refractivity contribution in [1.29, 1.82) is 0 Å². The van der Waals surface area contributed by atoms with Gasteiger partial charge < -0.3 is 9.57 Å². The number of ether oxygens (including phenoxy) is 1. The van der Waals surface area contributed by atoms with E-state index in [0.717, 1.165) is 7.11 Å². The number of hydrogen-bond acceptors (Lipinski definition) is 8. The van der Waals surface area contributed by atoms with Gasteiger partial charge in [0.2, 0.25) is 0 Å². The number of rotatable bonds is 6. The lowest BCUT2D eigenvalue weighted by Crippen LogP contribution is -2.45. The second-order valence-electron chi connectivity index (χ2n) is 7.33. The van der Waals surface area contributed by atoms with Crippen molar-refractivity contribution in [3.8, 4) is 0 Å². The Bertz CT molecular complexity index is 1420. The van der Waals surface area contributed by atoms with Crippen LogP contribution < -0.4 is 10.0 Å². The normalized spacial score (nSPS) is 11.8. The molecule has 0 spiro atoms. The molecule has 1 heterocycles. The number of esters is 1. The van der Waals surface area contributed by atoms with Crippen LogP contribution in [0.25, 0.3) is 0 Å². The third kappa shape index (κ3) is 6.15. The molecular weight excluding hydrogens is 510 g/mol. The Labute approximate surface area is 212 Å². The number of hydrogen-bond donors (Lipinski definition) is 2. The van der Waals surface area contributed by atoms with E-state index in [1.165, 1.54) is 55.6 Å². The molecule has 0 aliphatic rings. The van der Waals surface area contributed by atoms with Crippen molar-refractivity contribution in [3.05, 3.63) is 82.1 Å². The van der Waals surface area contributed by atoms with Crippen LogP contribution in [0.4, 0.5) is 5.95 Å². The molecule has 0 radical (unpaired) electrons. The van der Waals surface area contributed by atoms with Crippen molar-refractivity contribution in [1.82, 2.24) is 14.7 Å². The average Bonchev–Trinajstić information content (AvgIpc) is 2.83. The monoisotopic (exact) mass is 532 g/mol. The van der Waals surface area contributed by atoms with Crippen LogP contribution in [0.2, 0.25) is 5.02 Å². The fraction of sp³-hybridized carbons (Fsp3) is 0.174. The number of hydroxylamine groups is 1. The molecule has 1 aromatic heterocycles. The Balaban J connectivity index is 2.16. The SMILES string of the molecule is COC(=O)c1ccccc1S(=O)(=O)NC(Nc1nc(C)cc(C)n1)=[N+](OC)C(=O)c1ccc(Cl)cc1. The van der Waals surface area contributed by atoms with Crippen molar-refractivity contribution in [2.45, 2.75) is 18.7 Å². The van der Waals surface area contributed by atoms with E-state index >= 15 is 0 Å². The summed E-state index contributed by atoms with van der Waals surface area (Å²) >= 11 is 5.92. The molecule has 11 nitrogen and oxygen atoms in total. The van der Waals surface area contributed by atoms with Crippen LogP contribution in [-0.2, 0) is 19.6 Å². The van der Waals surface area contributed by atoms with Crippen molar-refractivity contribution < 1.29 is 32.3 Å². The molecule has 36 heavy (non-hydrogen) atoms. The number of methoxy groups -OCH3 is 1. The van der Waals surface area contributed by atoms with Crippen molar-refractivity contribution in [3.63, 3.8) is 0 Å². The third-order valence-electron chi connectivity index (χ3n) is 4.69. The van der Waals surface area contributed by atoms with E-state index < -0.39 is 27.9 Å². The highest BCUT2D eigenvalue weighted by atomic mass is 35.5. The first-order chi connectivity index (χ1) is 17.1. The Morgan fingerprint density at radius 2 is 1.58 bits per heavy atom. The molecule has 0 aliphatic heterocycles. The number of guanidine groups is 1. The van der Waals surface area contributed by atoms with Gasteiger partial charge in [0, 0.05) is 16.4 Å². The summed E-state index contributed by atoms with van der Waals surface area (Å²) in [6, 6.07) is 13.1. The number of benzene rings is 2. The number of carbonyl (C=O) groups is 2. The van der Waals surface area contributed by atoms with Crippen molar-refractivity contribution >= 4 is 45.4 Å².